The lowest BCUT2D eigenvalue weighted by molar-refractivity contribution is -0.571. The minimum absolute atomic E-state index is 0.450. The summed E-state index contributed by atoms with van der Waals surface area (Å²) >= 11 is 0. The van der Waals surface area contributed by atoms with Gasteiger partial charge >= 0.3 is 5.82 Å². The SMILES string of the molecule is C=c1[nH][n+](=C(C)C)c(N)c1Nc1ccc(N(CC)CC)cc1NS(C)(=O)=O. The van der Waals surface area contributed by atoms with Crippen LogP contribution < -0.4 is 30.4 Å². The Bertz CT molecular complexity index is 1030. The van der Waals surface area contributed by atoms with Gasteiger partial charge in [0.25, 0.3) is 0 Å². The van der Waals surface area contributed by atoms with Crippen molar-refractivity contribution in [3.05, 3.63) is 29.3 Å². The van der Waals surface area contributed by atoms with Gasteiger partial charge in [0, 0.05) is 18.8 Å². The summed E-state index contributed by atoms with van der Waals surface area (Å²) in [7, 11) is -3.45. The van der Waals surface area contributed by atoms with Crippen LogP contribution in [0.4, 0.5) is 28.6 Å². The minimum atomic E-state index is -3.45. The fraction of sp³-hybridized carbons (Fsp3) is 0.389. The van der Waals surface area contributed by atoms with E-state index in [0.717, 1.165) is 30.7 Å². The number of benzene rings is 1. The van der Waals surface area contributed by atoms with Crippen LogP contribution in [-0.4, -0.2) is 32.9 Å². The molecule has 0 atom stereocenters. The molecule has 148 valence electrons. The summed E-state index contributed by atoms with van der Waals surface area (Å²) in [6.07, 6.45) is 1.13. The summed E-state index contributed by atoms with van der Waals surface area (Å²) in [4.78, 5) is 2.14. The first kappa shape index (κ1) is 20.6. The smallest absolute Gasteiger partial charge is 0.322 e. The lowest BCUT2D eigenvalue weighted by Crippen LogP contribution is -2.27. The van der Waals surface area contributed by atoms with Crippen molar-refractivity contribution in [3.8, 4) is 0 Å². The number of nitrogens with one attached hydrogen (secondary N) is 3. The number of hydrogen-bond donors (Lipinski definition) is 4. The number of aromatic nitrogens is 2. The van der Waals surface area contributed by atoms with Crippen LogP contribution in [0.15, 0.2) is 18.2 Å². The molecule has 1 heterocycles. The van der Waals surface area contributed by atoms with Crippen molar-refractivity contribution in [2.24, 2.45) is 0 Å². The molecule has 27 heavy (non-hydrogen) atoms. The Balaban J connectivity index is 2.57. The highest BCUT2D eigenvalue weighted by atomic mass is 32.2. The fourth-order valence-electron chi connectivity index (χ4n) is 2.86. The van der Waals surface area contributed by atoms with Crippen LogP contribution in [0.25, 0.3) is 6.58 Å². The number of hydrogen-bond acceptors (Lipinski definition) is 5. The average molecular weight is 394 g/mol. The van der Waals surface area contributed by atoms with Crippen molar-refractivity contribution in [2.45, 2.75) is 27.7 Å². The summed E-state index contributed by atoms with van der Waals surface area (Å²) < 4.78 is 28.0. The molecule has 0 aliphatic rings. The lowest BCUT2D eigenvalue weighted by Gasteiger charge is -2.23. The van der Waals surface area contributed by atoms with E-state index in [4.69, 9.17) is 5.73 Å². The van der Waals surface area contributed by atoms with Crippen molar-refractivity contribution in [1.29, 1.82) is 0 Å². The monoisotopic (exact) mass is 393 g/mol. The van der Waals surface area contributed by atoms with Crippen molar-refractivity contribution < 1.29 is 12.8 Å². The number of rotatable bonds is 7. The van der Waals surface area contributed by atoms with E-state index in [2.05, 4.69) is 40.5 Å². The predicted octanol–water partition coefficient (Wildman–Crippen LogP) is 1.68. The highest BCUT2D eigenvalue weighted by molar-refractivity contribution is 7.92. The Kier molecular flexibility index (Phi) is 6.04. The first-order valence-electron chi connectivity index (χ1n) is 8.77. The van der Waals surface area contributed by atoms with E-state index < -0.39 is 10.0 Å². The molecular formula is C18H29N6O2S+. The topological polar surface area (TPSA) is 109 Å². The molecule has 2 aromatic rings. The fourth-order valence-corrected chi connectivity index (χ4v) is 3.42. The molecule has 0 unspecified atom stereocenters. The number of nitrogens with two attached hydrogens (primary N) is 1. The number of H-pyrrole nitrogens is 1. The van der Waals surface area contributed by atoms with Crippen LogP contribution in [0, 0.1) is 5.71 Å². The Labute approximate surface area is 160 Å². The molecule has 0 radical (unpaired) electrons. The van der Waals surface area contributed by atoms with Crippen LogP contribution in [-0.2, 0) is 10.0 Å². The molecule has 1 aromatic heterocycles. The largest absolute Gasteiger partial charge is 0.372 e. The predicted molar refractivity (Wildman–Crippen MR) is 112 cm³/mol. The van der Waals surface area contributed by atoms with Gasteiger partial charge in [0.2, 0.25) is 10.0 Å². The van der Waals surface area contributed by atoms with E-state index in [-0.39, 0.29) is 0 Å². The maximum absolute atomic E-state index is 11.8. The number of nitrogen functional groups attached to an aromatic ring is 1. The Morgan fingerprint density at radius 1 is 1.26 bits per heavy atom. The molecule has 8 nitrogen and oxygen atoms in total. The van der Waals surface area contributed by atoms with Crippen LogP contribution in [0.2, 0.25) is 0 Å². The summed E-state index contributed by atoms with van der Waals surface area (Å²) in [5, 5.41) is 6.90. The lowest BCUT2D eigenvalue weighted by atomic mass is 10.2. The third kappa shape index (κ3) is 4.73. The summed E-state index contributed by atoms with van der Waals surface area (Å²) in [5.74, 6) is 0.470. The molecule has 1 aromatic carbocycles. The molecule has 0 fully saturated rings. The Morgan fingerprint density at radius 3 is 2.37 bits per heavy atom. The van der Waals surface area contributed by atoms with E-state index in [9.17, 15) is 8.42 Å². The highest BCUT2D eigenvalue weighted by Crippen LogP contribution is 2.31. The van der Waals surface area contributed by atoms with E-state index in [1.54, 1.807) is 4.36 Å². The zero-order chi connectivity index (χ0) is 20.4. The number of nitrogens with zero attached hydrogens (tertiary/aromatic N) is 2. The number of sulfonamides is 1. The van der Waals surface area contributed by atoms with Gasteiger partial charge in [0.15, 0.2) is 5.69 Å². The molecule has 0 aliphatic heterocycles. The van der Waals surface area contributed by atoms with Gasteiger partial charge in [0.05, 0.1) is 23.0 Å². The van der Waals surface area contributed by atoms with E-state index in [1.807, 2.05) is 32.0 Å². The second kappa shape index (κ2) is 7.91. The molecule has 9 heteroatoms. The van der Waals surface area contributed by atoms with Gasteiger partial charge in [-0.1, -0.05) is 6.58 Å². The van der Waals surface area contributed by atoms with Gasteiger partial charge in [-0.2, -0.15) is 0 Å². The summed E-state index contributed by atoms with van der Waals surface area (Å²) in [6.45, 7) is 13.6. The first-order chi connectivity index (χ1) is 12.6. The summed E-state index contributed by atoms with van der Waals surface area (Å²) in [5.41, 5.74) is 9.74. The molecule has 0 saturated carbocycles. The van der Waals surface area contributed by atoms with Crippen LogP contribution in [0.1, 0.15) is 27.7 Å². The molecule has 0 saturated heterocycles. The third-order valence-electron chi connectivity index (χ3n) is 4.18. The van der Waals surface area contributed by atoms with E-state index in [0.29, 0.717) is 28.2 Å². The van der Waals surface area contributed by atoms with Crippen molar-refractivity contribution >= 4 is 45.2 Å². The maximum Gasteiger partial charge on any atom is 0.322 e. The Morgan fingerprint density at radius 2 is 1.89 bits per heavy atom. The van der Waals surface area contributed by atoms with Crippen LogP contribution in [0.3, 0.4) is 0 Å². The molecular weight excluding hydrogens is 364 g/mol. The molecule has 0 spiro atoms. The Hall–Kier alpha value is -2.68. The van der Waals surface area contributed by atoms with Crippen molar-refractivity contribution in [2.75, 3.05) is 40.0 Å². The molecule has 0 bridgehead atoms. The van der Waals surface area contributed by atoms with Crippen LogP contribution in [0.5, 0.6) is 0 Å². The van der Waals surface area contributed by atoms with Gasteiger partial charge < -0.3 is 10.2 Å². The zero-order valence-corrected chi connectivity index (χ0v) is 17.4. The standard InChI is InChI=1S/C18H29N6O2S/c1-7-23(8-2)14-9-10-15(16(11-14)22-27(6,25)26)20-17-13(5)21-24(12(3)4)18(17)19/h9-11,20-22H,5,7-8,19H2,1-4,6H3/q+1. The van der Waals surface area contributed by atoms with E-state index in [1.165, 1.54) is 0 Å². The minimum Gasteiger partial charge on any atom is -0.372 e. The normalized spacial score (nSPS) is 11.3. The van der Waals surface area contributed by atoms with E-state index >= 15 is 0 Å². The first-order valence-corrected chi connectivity index (χ1v) is 10.7. The van der Waals surface area contributed by atoms with Crippen molar-refractivity contribution in [3.63, 3.8) is 0 Å². The molecule has 5 N–H and O–H groups in total. The molecule has 2 rings (SSSR count). The summed E-state index contributed by atoms with van der Waals surface area (Å²) in [6, 6.07) is 5.59. The second-order valence-electron chi connectivity index (χ2n) is 6.53. The van der Waals surface area contributed by atoms with Gasteiger partial charge in [-0.3, -0.25) is 10.5 Å². The third-order valence-corrected chi connectivity index (χ3v) is 4.77. The van der Waals surface area contributed by atoms with Crippen LogP contribution >= 0.6 is 0 Å². The average Bonchev–Trinajstić information content (AvgIpc) is 2.85. The van der Waals surface area contributed by atoms with Gasteiger partial charge in [-0.25, -0.2) is 13.5 Å². The number of aromatic amines is 1. The molecule has 0 aliphatic carbocycles. The van der Waals surface area contributed by atoms with Gasteiger partial charge in [0.1, 0.15) is 5.71 Å². The zero-order valence-electron chi connectivity index (χ0n) is 16.5. The number of anilines is 5. The van der Waals surface area contributed by atoms with Crippen molar-refractivity contribution in [1.82, 2.24) is 5.10 Å². The maximum atomic E-state index is 11.8. The second-order valence-corrected chi connectivity index (χ2v) is 8.28. The molecule has 0 amide bonds. The van der Waals surface area contributed by atoms with Gasteiger partial charge in [-0.05, 0) is 45.9 Å². The quantitative estimate of drug-likeness (QED) is 0.535. The highest BCUT2D eigenvalue weighted by Gasteiger charge is 2.17. The van der Waals surface area contributed by atoms with Gasteiger partial charge in [-0.15, -0.1) is 4.36 Å².